The van der Waals surface area contributed by atoms with E-state index in [9.17, 15) is 14.7 Å². The molecule has 152 valence electrons. The number of benzene rings is 1. The Hall–Kier alpha value is -2.67. The van der Waals surface area contributed by atoms with Crippen molar-refractivity contribution in [3.63, 3.8) is 0 Å². The summed E-state index contributed by atoms with van der Waals surface area (Å²) < 4.78 is 0. The number of phenolic OH excluding ortho intramolecular Hbond substituents is 1. The highest BCUT2D eigenvalue weighted by molar-refractivity contribution is 7.18. The summed E-state index contributed by atoms with van der Waals surface area (Å²) in [6, 6.07) is 5.25. The second kappa shape index (κ2) is 7.30. The number of H-pyrrole nitrogens is 1. The Bertz CT molecular complexity index is 1150. The standard InChI is InChI=1S/C22H25N3O3S/c1-22(2,3)12-7-8-15(26)14(11-12)23-18(27)10-9-17-24-20(28)19-13-5-4-6-16(13)29-21(19)25-17/h7-8,11,26H,4-6,9-10H2,1-3H3,(H,23,27)(H,24,25,28). The molecule has 0 spiro atoms. The van der Waals surface area contributed by atoms with E-state index in [2.05, 4.69) is 36.1 Å². The first-order valence-electron chi connectivity index (χ1n) is 9.89. The molecule has 0 aliphatic heterocycles. The van der Waals surface area contributed by atoms with Crippen LogP contribution in [0.3, 0.4) is 0 Å². The van der Waals surface area contributed by atoms with Crippen LogP contribution in [0.4, 0.5) is 5.69 Å². The number of hydrogen-bond acceptors (Lipinski definition) is 5. The van der Waals surface area contributed by atoms with E-state index in [-0.39, 0.29) is 29.1 Å². The number of carbonyl (C=O) groups is 1. The van der Waals surface area contributed by atoms with Gasteiger partial charge in [-0.2, -0.15) is 0 Å². The quantitative estimate of drug-likeness (QED) is 0.565. The number of nitrogens with zero attached hydrogens (tertiary/aromatic N) is 1. The Balaban J connectivity index is 1.47. The van der Waals surface area contributed by atoms with Gasteiger partial charge in [0.25, 0.3) is 5.56 Å². The molecule has 0 saturated heterocycles. The van der Waals surface area contributed by atoms with Gasteiger partial charge in [0.1, 0.15) is 16.4 Å². The molecule has 2 heterocycles. The number of rotatable bonds is 4. The van der Waals surface area contributed by atoms with Gasteiger partial charge in [-0.25, -0.2) is 4.98 Å². The zero-order valence-electron chi connectivity index (χ0n) is 16.9. The third kappa shape index (κ3) is 3.92. The number of phenols is 1. The molecule has 1 aliphatic carbocycles. The zero-order valence-corrected chi connectivity index (χ0v) is 17.7. The van der Waals surface area contributed by atoms with E-state index in [0.717, 1.165) is 40.6 Å². The molecule has 0 fully saturated rings. The molecular weight excluding hydrogens is 386 g/mol. The predicted molar refractivity (Wildman–Crippen MR) is 116 cm³/mol. The molecule has 1 aromatic carbocycles. The van der Waals surface area contributed by atoms with Crippen LogP contribution in [0.5, 0.6) is 5.75 Å². The van der Waals surface area contributed by atoms with Crippen LogP contribution in [0, 0.1) is 0 Å². The summed E-state index contributed by atoms with van der Waals surface area (Å²) in [5, 5.41) is 13.6. The molecular formula is C22H25N3O3S. The highest BCUT2D eigenvalue weighted by Gasteiger charge is 2.21. The van der Waals surface area contributed by atoms with E-state index < -0.39 is 0 Å². The molecule has 3 N–H and O–H groups in total. The lowest BCUT2D eigenvalue weighted by molar-refractivity contribution is -0.116. The van der Waals surface area contributed by atoms with Crippen LogP contribution in [0.15, 0.2) is 23.0 Å². The van der Waals surface area contributed by atoms with Gasteiger partial charge in [0.2, 0.25) is 5.91 Å². The second-order valence-electron chi connectivity index (χ2n) is 8.58. The smallest absolute Gasteiger partial charge is 0.259 e. The van der Waals surface area contributed by atoms with Crippen LogP contribution < -0.4 is 10.9 Å². The van der Waals surface area contributed by atoms with Gasteiger partial charge in [-0.05, 0) is 47.9 Å². The van der Waals surface area contributed by atoms with Gasteiger partial charge < -0.3 is 15.4 Å². The number of aromatic amines is 1. The maximum absolute atomic E-state index is 12.5. The summed E-state index contributed by atoms with van der Waals surface area (Å²) in [4.78, 5) is 34.4. The Kier molecular flexibility index (Phi) is 4.94. The van der Waals surface area contributed by atoms with Crippen LogP contribution in [-0.4, -0.2) is 21.0 Å². The molecule has 0 atom stereocenters. The van der Waals surface area contributed by atoms with Gasteiger partial charge in [0, 0.05) is 17.7 Å². The number of thiophene rings is 1. The summed E-state index contributed by atoms with van der Waals surface area (Å²) in [6.45, 7) is 6.22. The minimum Gasteiger partial charge on any atom is -0.506 e. The third-order valence-electron chi connectivity index (χ3n) is 5.35. The van der Waals surface area contributed by atoms with Gasteiger partial charge in [0.15, 0.2) is 0 Å². The first kappa shape index (κ1) is 19.6. The number of aromatic hydroxyl groups is 1. The number of aryl methyl sites for hydroxylation is 3. The van der Waals surface area contributed by atoms with Crippen molar-refractivity contribution in [2.45, 2.75) is 58.3 Å². The fourth-order valence-electron chi connectivity index (χ4n) is 3.71. The lowest BCUT2D eigenvalue weighted by Gasteiger charge is -2.20. The second-order valence-corrected chi connectivity index (χ2v) is 9.66. The summed E-state index contributed by atoms with van der Waals surface area (Å²) in [5.74, 6) is 0.320. The van der Waals surface area contributed by atoms with Crippen molar-refractivity contribution in [3.05, 3.63) is 50.4 Å². The van der Waals surface area contributed by atoms with Crippen molar-refractivity contribution >= 4 is 33.1 Å². The molecule has 29 heavy (non-hydrogen) atoms. The van der Waals surface area contributed by atoms with Crippen LogP contribution in [0.25, 0.3) is 10.2 Å². The van der Waals surface area contributed by atoms with Crippen molar-refractivity contribution in [2.75, 3.05) is 5.32 Å². The minimum absolute atomic E-state index is 0.0346. The van der Waals surface area contributed by atoms with Crippen LogP contribution in [-0.2, 0) is 29.5 Å². The summed E-state index contributed by atoms with van der Waals surface area (Å²) >= 11 is 1.59. The van der Waals surface area contributed by atoms with Gasteiger partial charge in [-0.15, -0.1) is 11.3 Å². The van der Waals surface area contributed by atoms with Crippen molar-refractivity contribution in [1.29, 1.82) is 0 Å². The topological polar surface area (TPSA) is 95.1 Å². The van der Waals surface area contributed by atoms with E-state index in [1.165, 1.54) is 4.88 Å². The molecule has 0 unspecified atom stereocenters. The summed E-state index contributed by atoms with van der Waals surface area (Å²) in [7, 11) is 0. The Morgan fingerprint density at radius 2 is 2.10 bits per heavy atom. The number of carbonyl (C=O) groups excluding carboxylic acids is 1. The molecule has 1 amide bonds. The largest absolute Gasteiger partial charge is 0.506 e. The molecule has 7 heteroatoms. The van der Waals surface area contributed by atoms with Crippen molar-refractivity contribution < 1.29 is 9.90 Å². The van der Waals surface area contributed by atoms with E-state index in [1.54, 1.807) is 23.5 Å². The molecule has 4 rings (SSSR count). The number of fused-ring (bicyclic) bond motifs is 3. The van der Waals surface area contributed by atoms with Crippen molar-refractivity contribution in [2.24, 2.45) is 0 Å². The van der Waals surface area contributed by atoms with Crippen LogP contribution >= 0.6 is 11.3 Å². The van der Waals surface area contributed by atoms with Crippen molar-refractivity contribution in [3.8, 4) is 5.75 Å². The average Bonchev–Trinajstić information content (AvgIpc) is 3.21. The highest BCUT2D eigenvalue weighted by atomic mass is 32.1. The van der Waals surface area contributed by atoms with Gasteiger partial charge in [-0.3, -0.25) is 9.59 Å². The highest BCUT2D eigenvalue weighted by Crippen LogP contribution is 2.34. The number of aromatic nitrogens is 2. The van der Waals surface area contributed by atoms with E-state index in [4.69, 9.17) is 0 Å². The Morgan fingerprint density at radius 1 is 1.31 bits per heavy atom. The predicted octanol–water partition coefficient (Wildman–Crippen LogP) is 4.05. The zero-order chi connectivity index (χ0) is 20.8. The SMILES string of the molecule is CC(C)(C)c1ccc(O)c(NC(=O)CCc2nc3sc4c(c3c(=O)[nH]2)CCC4)c1. The Morgan fingerprint density at radius 3 is 2.86 bits per heavy atom. The Labute approximate surface area is 173 Å². The summed E-state index contributed by atoms with van der Waals surface area (Å²) in [6.07, 6.45) is 3.56. The number of anilines is 1. The van der Waals surface area contributed by atoms with Gasteiger partial charge in [0.05, 0.1) is 11.1 Å². The molecule has 0 radical (unpaired) electrons. The van der Waals surface area contributed by atoms with E-state index in [0.29, 0.717) is 17.9 Å². The molecule has 1 aliphatic rings. The lowest BCUT2D eigenvalue weighted by Crippen LogP contribution is -2.17. The lowest BCUT2D eigenvalue weighted by atomic mass is 9.87. The molecule has 0 saturated carbocycles. The van der Waals surface area contributed by atoms with Crippen molar-refractivity contribution in [1.82, 2.24) is 9.97 Å². The molecule has 6 nitrogen and oxygen atoms in total. The number of nitrogens with one attached hydrogen (secondary N) is 2. The van der Waals surface area contributed by atoms with Gasteiger partial charge in [-0.1, -0.05) is 26.8 Å². The van der Waals surface area contributed by atoms with Gasteiger partial charge >= 0.3 is 0 Å². The minimum atomic E-state index is -0.234. The summed E-state index contributed by atoms with van der Waals surface area (Å²) in [5.41, 5.74) is 2.37. The molecule has 2 aromatic heterocycles. The number of amides is 1. The normalized spacial score (nSPS) is 13.6. The maximum atomic E-state index is 12.5. The van der Waals surface area contributed by atoms with E-state index in [1.807, 2.05) is 6.07 Å². The monoisotopic (exact) mass is 411 g/mol. The van der Waals surface area contributed by atoms with Crippen LogP contribution in [0.2, 0.25) is 0 Å². The van der Waals surface area contributed by atoms with E-state index >= 15 is 0 Å². The first-order chi connectivity index (χ1) is 13.7. The number of hydrogen-bond donors (Lipinski definition) is 3. The molecule has 0 bridgehead atoms. The maximum Gasteiger partial charge on any atom is 0.259 e. The third-order valence-corrected chi connectivity index (χ3v) is 6.54. The molecule has 3 aromatic rings. The van der Waals surface area contributed by atoms with Crippen LogP contribution in [0.1, 0.15) is 55.4 Å². The average molecular weight is 412 g/mol. The fraction of sp³-hybridized carbons (Fsp3) is 0.409. The fourth-order valence-corrected chi connectivity index (χ4v) is 4.99. The first-order valence-corrected chi connectivity index (χ1v) is 10.7.